The molecule has 0 aliphatic rings. The maximum absolute atomic E-state index is 12.6. The number of thiazole rings is 1. The minimum atomic E-state index is -0.266. The Morgan fingerprint density at radius 2 is 1.94 bits per heavy atom. The lowest BCUT2D eigenvalue weighted by molar-refractivity contribution is 0.346. The Bertz CT molecular complexity index is 450. The normalized spacial score (nSPS) is 14.5. The second-order valence-electron chi connectivity index (χ2n) is 4.41. The zero-order valence-corrected chi connectivity index (χ0v) is 10.9. The van der Waals surface area contributed by atoms with E-state index >= 15 is 0 Å². The number of benzene rings is 1. The Morgan fingerprint density at radius 3 is 2.47 bits per heavy atom. The maximum atomic E-state index is 12.6. The van der Waals surface area contributed by atoms with Gasteiger partial charge in [-0.15, -0.1) is 11.3 Å². The van der Waals surface area contributed by atoms with Gasteiger partial charge in [0.05, 0.1) is 17.1 Å². The molecule has 17 heavy (non-hydrogen) atoms. The molecule has 0 fully saturated rings. The van der Waals surface area contributed by atoms with E-state index in [2.05, 4.69) is 36.2 Å². The summed E-state index contributed by atoms with van der Waals surface area (Å²) < 4.78 is 12.6. The summed E-state index contributed by atoms with van der Waals surface area (Å²) >= 11 is 1.63. The molecular weight excluding hydrogens is 233 g/mol. The lowest BCUT2D eigenvalue weighted by atomic mass is 9.89. The molecule has 0 saturated carbocycles. The molecule has 0 radical (unpaired) electrons. The Morgan fingerprint density at radius 1 is 1.24 bits per heavy atom. The van der Waals surface area contributed by atoms with Gasteiger partial charge >= 0.3 is 0 Å². The van der Waals surface area contributed by atoms with Gasteiger partial charge in [0, 0.05) is 6.20 Å². The number of aromatic nitrogens is 1. The predicted molar refractivity (Wildman–Crippen MR) is 71.1 cm³/mol. The molecule has 2 rings (SSSR count). The van der Waals surface area contributed by atoms with Gasteiger partial charge in [-0.25, -0.2) is 0 Å². The minimum Gasteiger partial charge on any atom is -0.252 e. The molecule has 0 amide bonds. The zero-order valence-electron chi connectivity index (χ0n) is 10.1. The van der Waals surface area contributed by atoms with E-state index < -0.39 is 0 Å². The van der Waals surface area contributed by atoms with Gasteiger partial charge in [-0.3, -0.25) is 9.37 Å². The van der Waals surface area contributed by atoms with E-state index in [1.807, 2.05) is 18.6 Å². The smallest absolute Gasteiger partial charge is 0.0925 e. The molecule has 90 valence electrons. The minimum absolute atomic E-state index is 0.0734. The van der Waals surface area contributed by atoms with Gasteiger partial charge in [0.2, 0.25) is 0 Å². The van der Waals surface area contributed by atoms with Gasteiger partial charge in [0.1, 0.15) is 0 Å². The molecule has 0 aliphatic heterocycles. The number of hydrogen-bond acceptors (Lipinski definition) is 2. The number of nitrogens with zero attached hydrogens (tertiary/aromatic N) is 1. The monoisotopic (exact) mass is 249 g/mol. The van der Waals surface area contributed by atoms with E-state index in [1.165, 1.54) is 16.0 Å². The van der Waals surface area contributed by atoms with Crippen LogP contribution in [-0.2, 0) is 0 Å². The van der Waals surface area contributed by atoms with Gasteiger partial charge in [0.25, 0.3) is 0 Å². The van der Waals surface area contributed by atoms with Crippen LogP contribution >= 0.6 is 11.3 Å². The second kappa shape index (κ2) is 5.41. The summed E-state index contributed by atoms with van der Waals surface area (Å²) in [7, 11) is 0. The Labute approximate surface area is 105 Å². The maximum Gasteiger partial charge on any atom is 0.0925 e. The summed E-state index contributed by atoms with van der Waals surface area (Å²) in [5.41, 5.74) is 4.21. The fourth-order valence-corrected chi connectivity index (χ4v) is 2.40. The van der Waals surface area contributed by atoms with Crippen LogP contribution < -0.4 is 0 Å². The van der Waals surface area contributed by atoms with Crippen molar-refractivity contribution in [1.82, 2.24) is 4.98 Å². The summed E-state index contributed by atoms with van der Waals surface area (Å²) in [6.07, 6.45) is 1.87. The highest BCUT2D eigenvalue weighted by Crippen LogP contribution is 2.28. The molecule has 1 nitrogen and oxygen atoms in total. The number of rotatable bonds is 4. The number of halogens is 1. The zero-order chi connectivity index (χ0) is 12.3. The van der Waals surface area contributed by atoms with E-state index in [0.29, 0.717) is 0 Å². The summed E-state index contributed by atoms with van der Waals surface area (Å²) in [5, 5.41) is 0. The van der Waals surface area contributed by atoms with Gasteiger partial charge in [-0.2, -0.15) is 0 Å². The van der Waals surface area contributed by atoms with E-state index in [4.69, 9.17) is 0 Å². The van der Waals surface area contributed by atoms with Gasteiger partial charge in [0.15, 0.2) is 0 Å². The van der Waals surface area contributed by atoms with Crippen molar-refractivity contribution in [3.05, 3.63) is 41.5 Å². The lowest BCUT2D eigenvalue weighted by Gasteiger charge is -2.17. The Balaban J connectivity index is 2.18. The van der Waals surface area contributed by atoms with E-state index in [0.717, 1.165) is 0 Å². The van der Waals surface area contributed by atoms with E-state index in [1.54, 1.807) is 11.3 Å². The van der Waals surface area contributed by atoms with Crippen molar-refractivity contribution in [3.63, 3.8) is 0 Å². The molecule has 0 saturated heterocycles. The molecule has 2 aromatic rings. The molecule has 1 aromatic carbocycles. The Kier molecular flexibility index (Phi) is 3.89. The van der Waals surface area contributed by atoms with Crippen molar-refractivity contribution in [2.24, 2.45) is 5.92 Å². The quantitative estimate of drug-likeness (QED) is 0.776. The predicted octanol–water partition coefficient (Wildman–Crippen LogP) is 4.52. The fraction of sp³-hybridized carbons (Fsp3) is 0.357. The van der Waals surface area contributed by atoms with Gasteiger partial charge in [-0.1, -0.05) is 38.1 Å². The highest BCUT2D eigenvalue weighted by Gasteiger charge is 2.14. The molecule has 1 aromatic heterocycles. The van der Waals surface area contributed by atoms with E-state index in [9.17, 15) is 4.39 Å². The molecule has 0 N–H and O–H groups in total. The fourth-order valence-electron chi connectivity index (χ4n) is 1.77. The van der Waals surface area contributed by atoms with Crippen LogP contribution in [0.15, 0.2) is 36.0 Å². The van der Waals surface area contributed by atoms with Crippen molar-refractivity contribution < 1.29 is 4.39 Å². The molecule has 0 spiro atoms. The third kappa shape index (κ3) is 2.72. The third-order valence-electron chi connectivity index (χ3n) is 3.25. The molecule has 3 heteroatoms. The van der Waals surface area contributed by atoms with Crippen LogP contribution in [0.1, 0.15) is 25.3 Å². The van der Waals surface area contributed by atoms with Crippen LogP contribution in [0.2, 0.25) is 0 Å². The second-order valence-corrected chi connectivity index (χ2v) is 5.29. The average Bonchev–Trinajstić information content (AvgIpc) is 2.91. The third-order valence-corrected chi connectivity index (χ3v) is 4.07. The van der Waals surface area contributed by atoms with Gasteiger partial charge < -0.3 is 0 Å². The van der Waals surface area contributed by atoms with E-state index in [-0.39, 0.29) is 18.5 Å². The summed E-state index contributed by atoms with van der Waals surface area (Å²) in [6.45, 7) is 3.76. The van der Waals surface area contributed by atoms with Crippen LogP contribution in [0.25, 0.3) is 10.4 Å². The van der Waals surface area contributed by atoms with Crippen LogP contribution in [0, 0.1) is 5.92 Å². The first-order chi connectivity index (χ1) is 8.22. The highest BCUT2D eigenvalue weighted by molar-refractivity contribution is 7.13. The van der Waals surface area contributed by atoms with Crippen LogP contribution in [0.5, 0.6) is 0 Å². The average molecular weight is 249 g/mol. The first kappa shape index (κ1) is 12.2. The molecular formula is C14H16FNS. The highest BCUT2D eigenvalue weighted by atomic mass is 32.1. The first-order valence-corrected chi connectivity index (χ1v) is 6.65. The Hall–Kier alpha value is -1.22. The molecule has 1 unspecified atom stereocenters. The van der Waals surface area contributed by atoms with Crippen molar-refractivity contribution in [2.75, 3.05) is 6.67 Å². The van der Waals surface area contributed by atoms with Gasteiger partial charge in [-0.05, 0) is 23.0 Å². The first-order valence-electron chi connectivity index (χ1n) is 5.77. The molecule has 2 atom stereocenters. The van der Waals surface area contributed by atoms with Crippen molar-refractivity contribution >= 4 is 11.3 Å². The summed E-state index contributed by atoms with van der Waals surface area (Å²) in [5.74, 6) is 0.333. The molecule has 0 aliphatic carbocycles. The van der Waals surface area contributed by atoms with Crippen LogP contribution in [-0.4, -0.2) is 11.7 Å². The number of hydrogen-bond donors (Lipinski definition) is 0. The van der Waals surface area contributed by atoms with Crippen molar-refractivity contribution in [2.45, 2.75) is 19.8 Å². The van der Waals surface area contributed by atoms with Crippen LogP contribution in [0.4, 0.5) is 4.39 Å². The van der Waals surface area contributed by atoms with Crippen LogP contribution in [0.3, 0.4) is 0 Å². The molecule has 0 bridgehead atoms. The van der Waals surface area contributed by atoms with Crippen molar-refractivity contribution in [3.8, 4) is 10.4 Å². The number of alkyl halides is 1. The van der Waals surface area contributed by atoms with Crippen molar-refractivity contribution in [1.29, 1.82) is 0 Å². The standard InChI is InChI=1S/C14H16FNS/c1-10(7-15)11(2)12-3-5-13(6-4-12)14-8-16-9-17-14/h3-6,8-11H,7H2,1-2H3/t10-,11?/m1/s1. The lowest BCUT2D eigenvalue weighted by Crippen LogP contribution is -2.07. The SMILES string of the molecule is CC(c1ccc(-c2cncs2)cc1)[C@H](C)CF. The summed E-state index contributed by atoms with van der Waals surface area (Å²) in [4.78, 5) is 5.24. The topological polar surface area (TPSA) is 12.9 Å². The molecule has 1 heterocycles. The largest absolute Gasteiger partial charge is 0.252 e. The summed E-state index contributed by atoms with van der Waals surface area (Å²) in [6, 6.07) is 8.35.